The summed E-state index contributed by atoms with van der Waals surface area (Å²) in [6, 6.07) is 2.42. The zero-order chi connectivity index (χ0) is 10.9. The number of halogens is 1. The summed E-state index contributed by atoms with van der Waals surface area (Å²) in [7, 11) is 0. The summed E-state index contributed by atoms with van der Waals surface area (Å²) < 4.78 is 13.4. The van der Waals surface area contributed by atoms with E-state index in [0.29, 0.717) is 5.56 Å². The van der Waals surface area contributed by atoms with Crippen molar-refractivity contribution >= 4 is 0 Å². The van der Waals surface area contributed by atoms with Gasteiger partial charge in [0.1, 0.15) is 11.6 Å². The number of hydrogen-bond acceptors (Lipinski definition) is 2. The Labute approximate surface area is 83.6 Å². The molecule has 0 saturated carbocycles. The summed E-state index contributed by atoms with van der Waals surface area (Å²) in [5.41, 5.74) is 6.68. The van der Waals surface area contributed by atoms with Gasteiger partial charge in [0.15, 0.2) is 0 Å². The number of phenolic OH excluding ortho intramolecular Hbond substituents is 1. The summed E-state index contributed by atoms with van der Waals surface area (Å²) in [5.74, 6) is -0.363. The Morgan fingerprint density at radius 3 is 2.43 bits per heavy atom. The third-order valence-corrected chi connectivity index (χ3v) is 2.42. The number of phenols is 1. The van der Waals surface area contributed by atoms with Crippen molar-refractivity contribution in [2.75, 3.05) is 0 Å². The van der Waals surface area contributed by atoms with Gasteiger partial charge in [-0.3, -0.25) is 0 Å². The number of benzene rings is 1. The number of hydrogen-bond donors (Lipinski definition) is 2. The van der Waals surface area contributed by atoms with Crippen LogP contribution in [-0.2, 0) is 0 Å². The molecule has 2 nitrogen and oxygen atoms in total. The van der Waals surface area contributed by atoms with Crippen LogP contribution < -0.4 is 5.73 Å². The van der Waals surface area contributed by atoms with Crippen LogP contribution in [-0.4, -0.2) is 5.11 Å². The van der Waals surface area contributed by atoms with E-state index >= 15 is 0 Å². The average Bonchev–Trinajstić information content (AvgIpc) is 2.12. The maximum absolute atomic E-state index is 13.4. The maximum atomic E-state index is 13.4. The van der Waals surface area contributed by atoms with Gasteiger partial charge >= 0.3 is 0 Å². The first-order chi connectivity index (χ1) is 6.45. The van der Waals surface area contributed by atoms with Crippen molar-refractivity contribution in [3.05, 3.63) is 29.1 Å². The first-order valence-corrected chi connectivity index (χ1v) is 4.68. The Balaban J connectivity index is 3.25. The largest absolute Gasteiger partial charge is 0.507 e. The first-order valence-electron chi connectivity index (χ1n) is 4.68. The van der Waals surface area contributed by atoms with Gasteiger partial charge in [0.2, 0.25) is 0 Å². The number of aryl methyl sites for hydroxylation is 1. The van der Waals surface area contributed by atoms with Crippen LogP contribution in [0.3, 0.4) is 0 Å². The molecule has 1 rings (SSSR count). The lowest BCUT2D eigenvalue weighted by Crippen LogP contribution is -2.18. The highest BCUT2D eigenvalue weighted by atomic mass is 19.1. The highest BCUT2D eigenvalue weighted by molar-refractivity contribution is 5.42. The van der Waals surface area contributed by atoms with E-state index in [1.54, 1.807) is 13.0 Å². The van der Waals surface area contributed by atoms with Gasteiger partial charge in [-0.15, -0.1) is 0 Å². The topological polar surface area (TPSA) is 46.2 Å². The second-order valence-electron chi connectivity index (χ2n) is 3.90. The van der Waals surface area contributed by atoms with Gasteiger partial charge in [0, 0.05) is 11.6 Å². The number of rotatable bonds is 2. The van der Waals surface area contributed by atoms with E-state index in [1.165, 1.54) is 6.07 Å². The molecule has 1 aromatic carbocycles. The number of aromatic hydroxyl groups is 1. The van der Waals surface area contributed by atoms with Crippen molar-refractivity contribution < 1.29 is 9.50 Å². The van der Waals surface area contributed by atoms with Crippen LogP contribution in [0.15, 0.2) is 12.1 Å². The Morgan fingerprint density at radius 2 is 1.93 bits per heavy atom. The molecule has 0 radical (unpaired) electrons. The molecule has 0 bridgehead atoms. The molecular formula is C11H16FNO. The van der Waals surface area contributed by atoms with E-state index in [-0.39, 0.29) is 17.2 Å². The predicted molar refractivity (Wildman–Crippen MR) is 54.6 cm³/mol. The predicted octanol–water partition coefficient (Wildman–Crippen LogP) is 2.50. The molecule has 0 saturated heterocycles. The molecule has 3 N–H and O–H groups in total. The maximum Gasteiger partial charge on any atom is 0.131 e. The molecule has 0 spiro atoms. The Kier molecular flexibility index (Phi) is 3.11. The first kappa shape index (κ1) is 11.0. The fraction of sp³-hybridized carbons (Fsp3) is 0.455. The normalized spacial score (nSPS) is 13.3. The van der Waals surface area contributed by atoms with Crippen molar-refractivity contribution in [3.8, 4) is 5.75 Å². The van der Waals surface area contributed by atoms with Crippen LogP contribution in [0.25, 0.3) is 0 Å². The van der Waals surface area contributed by atoms with Crippen LogP contribution in [0.5, 0.6) is 5.75 Å². The molecule has 0 aliphatic heterocycles. The van der Waals surface area contributed by atoms with Gasteiger partial charge in [0.25, 0.3) is 0 Å². The Bertz CT molecular complexity index is 336. The molecule has 0 aliphatic carbocycles. The lowest BCUT2D eigenvalue weighted by Gasteiger charge is -2.18. The fourth-order valence-corrected chi connectivity index (χ4v) is 1.34. The van der Waals surface area contributed by atoms with Crippen LogP contribution in [0.1, 0.15) is 31.0 Å². The van der Waals surface area contributed by atoms with Gasteiger partial charge in [0.05, 0.1) is 0 Å². The van der Waals surface area contributed by atoms with Crippen LogP contribution >= 0.6 is 0 Å². The van der Waals surface area contributed by atoms with Crippen molar-refractivity contribution in [1.29, 1.82) is 0 Å². The molecule has 1 aromatic rings. The molecule has 1 atom stereocenters. The van der Waals surface area contributed by atoms with Crippen molar-refractivity contribution in [3.63, 3.8) is 0 Å². The third-order valence-electron chi connectivity index (χ3n) is 2.42. The summed E-state index contributed by atoms with van der Waals surface area (Å²) in [4.78, 5) is 0. The molecule has 0 fully saturated rings. The molecule has 3 heteroatoms. The average molecular weight is 197 g/mol. The SMILES string of the molecule is Cc1ccc(F)c(C(N)C(C)C)c1O. The Morgan fingerprint density at radius 1 is 1.36 bits per heavy atom. The van der Waals surface area contributed by atoms with Gasteiger partial charge < -0.3 is 10.8 Å². The molecule has 0 aliphatic rings. The van der Waals surface area contributed by atoms with Gasteiger partial charge in [-0.2, -0.15) is 0 Å². The number of nitrogens with two attached hydrogens (primary N) is 1. The third kappa shape index (κ3) is 1.87. The van der Waals surface area contributed by atoms with E-state index in [4.69, 9.17) is 5.73 Å². The van der Waals surface area contributed by atoms with Gasteiger partial charge in [-0.1, -0.05) is 19.9 Å². The van der Waals surface area contributed by atoms with E-state index in [1.807, 2.05) is 13.8 Å². The molecule has 78 valence electrons. The minimum absolute atomic E-state index is 0.0220. The van der Waals surface area contributed by atoms with Gasteiger partial charge in [-0.25, -0.2) is 4.39 Å². The molecule has 0 amide bonds. The summed E-state index contributed by atoms with van der Waals surface area (Å²) in [6.07, 6.45) is 0. The smallest absolute Gasteiger partial charge is 0.131 e. The molecule has 14 heavy (non-hydrogen) atoms. The molecule has 1 unspecified atom stereocenters. The molecule has 0 heterocycles. The van der Waals surface area contributed by atoms with Crippen LogP contribution in [0.2, 0.25) is 0 Å². The van der Waals surface area contributed by atoms with Crippen molar-refractivity contribution in [2.24, 2.45) is 11.7 Å². The van der Waals surface area contributed by atoms with Crippen LogP contribution in [0.4, 0.5) is 4.39 Å². The summed E-state index contributed by atoms with van der Waals surface area (Å²) in [5, 5.41) is 9.68. The molecular weight excluding hydrogens is 181 g/mol. The standard InChI is InChI=1S/C11H16FNO/c1-6(2)10(13)9-8(12)5-4-7(3)11(9)14/h4-6,10,14H,13H2,1-3H3. The van der Waals surface area contributed by atoms with Crippen molar-refractivity contribution in [1.82, 2.24) is 0 Å². The second kappa shape index (κ2) is 3.96. The molecule has 0 aromatic heterocycles. The minimum atomic E-state index is -0.463. The van der Waals surface area contributed by atoms with E-state index in [2.05, 4.69) is 0 Å². The van der Waals surface area contributed by atoms with Crippen LogP contribution in [0, 0.1) is 18.7 Å². The minimum Gasteiger partial charge on any atom is -0.507 e. The lowest BCUT2D eigenvalue weighted by molar-refractivity contribution is 0.420. The monoisotopic (exact) mass is 197 g/mol. The highest BCUT2D eigenvalue weighted by Crippen LogP contribution is 2.32. The second-order valence-corrected chi connectivity index (χ2v) is 3.90. The van der Waals surface area contributed by atoms with Gasteiger partial charge in [-0.05, 0) is 24.5 Å². The lowest BCUT2D eigenvalue weighted by atomic mass is 9.94. The van der Waals surface area contributed by atoms with Crippen molar-refractivity contribution in [2.45, 2.75) is 26.8 Å². The van der Waals surface area contributed by atoms with E-state index < -0.39 is 11.9 Å². The zero-order valence-corrected chi connectivity index (χ0v) is 8.71. The summed E-state index contributed by atoms with van der Waals surface area (Å²) in [6.45, 7) is 5.52. The van der Waals surface area contributed by atoms with E-state index in [0.717, 1.165) is 0 Å². The zero-order valence-electron chi connectivity index (χ0n) is 8.71. The van der Waals surface area contributed by atoms with E-state index in [9.17, 15) is 9.50 Å². The summed E-state index contributed by atoms with van der Waals surface area (Å²) >= 11 is 0. The highest BCUT2D eigenvalue weighted by Gasteiger charge is 2.20. The Hall–Kier alpha value is -1.09. The quantitative estimate of drug-likeness (QED) is 0.765. The fourth-order valence-electron chi connectivity index (χ4n) is 1.34.